The minimum atomic E-state index is -0.691. The van der Waals surface area contributed by atoms with Gasteiger partial charge in [0, 0.05) is 12.6 Å². The summed E-state index contributed by atoms with van der Waals surface area (Å²) in [4.78, 5) is 25.0. The van der Waals surface area contributed by atoms with Crippen LogP contribution in [0.1, 0.15) is 37.0 Å². The van der Waals surface area contributed by atoms with Crippen molar-refractivity contribution in [1.29, 1.82) is 0 Å². The van der Waals surface area contributed by atoms with Crippen molar-refractivity contribution in [1.82, 2.24) is 5.32 Å². The first kappa shape index (κ1) is 20.3. The van der Waals surface area contributed by atoms with Crippen LogP contribution in [-0.4, -0.2) is 31.6 Å². The Kier molecular flexibility index (Phi) is 7.67. The Hall–Kier alpha value is -3.02. The van der Waals surface area contributed by atoms with E-state index in [0.29, 0.717) is 35.7 Å². The van der Waals surface area contributed by atoms with Crippen molar-refractivity contribution in [3.8, 4) is 11.5 Å². The van der Waals surface area contributed by atoms with Crippen LogP contribution in [-0.2, 0) is 4.79 Å². The molecule has 0 saturated carbocycles. The Morgan fingerprint density at radius 1 is 1.04 bits per heavy atom. The molecule has 0 aliphatic heterocycles. The highest BCUT2D eigenvalue weighted by Crippen LogP contribution is 2.22. The molecular formula is C21H26N2O4. The molecule has 2 aromatic carbocycles. The fraction of sp³-hybridized carbons (Fsp3) is 0.333. The topological polar surface area (TPSA) is 76.7 Å². The van der Waals surface area contributed by atoms with Crippen LogP contribution in [0, 0.1) is 0 Å². The molecule has 2 aromatic rings. The number of hydrogen-bond acceptors (Lipinski definition) is 4. The molecule has 0 unspecified atom stereocenters. The van der Waals surface area contributed by atoms with Crippen molar-refractivity contribution in [3.63, 3.8) is 0 Å². The fourth-order valence-electron chi connectivity index (χ4n) is 2.50. The van der Waals surface area contributed by atoms with Crippen LogP contribution in [0.4, 0.5) is 5.69 Å². The van der Waals surface area contributed by atoms with Gasteiger partial charge in [0.05, 0.1) is 18.4 Å². The highest BCUT2D eigenvalue weighted by Gasteiger charge is 2.21. The SMILES string of the molecule is CCCNC(=O)c1ccccc1NC(=O)[C@@H](CC)Oc1cccc(OC)c1. The lowest BCUT2D eigenvalue weighted by Crippen LogP contribution is -2.33. The molecule has 27 heavy (non-hydrogen) atoms. The summed E-state index contributed by atoms with van der Waals surface area (Å²) in [5, 5.41) is 5.63. The van der Waals surface area contributed by atoms with Gasteiger partial charge in [0.2, 0.25) is 0 Å². The molecule has 0 spiro atoms. The number of methoxy groups -OCH3 is 1. The van der Waals surface area contributed by atoms with E-state index in [9.17, 15) is 9.59 Å². The van der Waals surface area contributed by atoms with E-state index in [1.54, 1.807) is 55.6 Å². The molecule has 144 valence electrons. The van der Waals surface area contributed by atoms with Gasteiger partial charge < -0.3 is 20.1 Å². The standard InChI is InChI=1S/C21H26N2O4/c1-4-13-22-20(24)17-11-6-7-12-18(17)23-21(25)19(5-2)27-16-10-8-9-15(14-16)26-3/h6-12,14,19H,4-5,13H2,1-3H3,(H,22,24)(H,23,25)/t19-/m1/s1. The Morgan fingerprint density at radius 3 is 2.48 bits per heavy atom. The van der Waals surface area contributed by atoms with Gasteiger partial charge in [-0.1, -0.05) is 32.0 Å². The zero-order valence-corrected chi connectivity index (χ0v) is 16.0. The van der Waals surface area contributed by atoms with Gasteiger partial charge in [-0.15, -0.1) is 0 Å². The summed E-state index contributed by atoms with van der Waals surface area (Å²) in [7, 11) is 1.57. The monoisotopic (exact) mass is 370 g/mol. The third-order valence-corrected chi connectivity index (χ3v) is 3.95. The van der Waals surface area contributed by atoms with E-state index in [1.165, 1.54) is 0 Å². The van der Waals surface area contributed by atoms with Crippen molar-refractivity contribution < 1.29 is 19.1 Å². The number of para-hydroxylation sites is 1. The second-order valence-electron chi connectivity index (χ2n) is 5.98. The summed E-state index contributed by atoms with van der Waals surface area (Å²) in [6.45, 7) is 4.43. The average molecular weight is 370 g/mol. The predicted molar refractivity (Wildman–Crippen MR) is 105 cm³/mol. The number of anilines is 1. The zero-order valence-electron chi connectivity index (χ0n) is 16.0. The Bertz CT molecular complexity index is 776. The second kappa shape index (κ2) is 10.2. The van der Waals surface area contributed by atoms with E-state index >= 15 is 0 Å². The normalized spacial score (nSPS) is 11.4. The number of rotatable bonds is 9. The number of carbonyl (C=O) groups excluding carboxylic acids is 2. The smallest absolute Gasteiger partial charge is 0.265 e. The van der Waals surface area contributed by atoms with E-state index in [-0.39, 0.29) is 11.8 Å². The van der Waals surface area contributed by atoms with Crippen LogP contribution in [0.2, 0.25) is 0 Å². The van der Waals surface area contributed by atoms with Gasteiger partial charge in [-0.2, -0.15) is 0 Å². The largest absolute Gasteiger partial charge is 0.497 e. The summed E-state index contributed by atoms with van der Waals surface area (Å²) in [6.07, 6.45) is 0.628. The number of nitrogens with one attached hydrogen (secondary N) is 2. The third kappa shape index (κ3) is 5.74. The first-order chi connectivity index (χ1) is 13.1. The van der Waals surface area contributed by atoms with Gasteiger partial charge in [-0.3, -0.25) is 9.59 Å². The average Bonchev–Trinajstić information content (AvgIpc) is 2.70. The molecule has 2 rings (SSSR count). The highest BCUT2D eigenvalue weighted by molar-refractivity contribution is 6.04. The molecule has 6 heteroatoms. The molecule has 2 N–H and O–H groups in total. The van der Waals surface area contributed by atoms with E-state index < -0.39 is 6.10 Å². The molecule has 0 bridgehead atoms. The van der Waals surface area contributed by atoms with Crippen LogP contribution in [0.15, 0.2) is 48.5 Å². The molecule has 0 aliphatic carbocycles. The molecule has 0 fully saturated rings. The lowest BCUT2D eigenvalue weighted by Gasteiger charge is -2.19. The molecule has 0 heterocycles. The van der Waals surface area contributed by atoms with Crippen LogP contribution in [0.5, 0.6) is 11.5 Å². The van der Waals surface area contributed by atoms with Gasteiger partial charge in [0.1, 0.15) is 11.5 Å². The molecule has 1 atom stereocenters. The van der Waals surface area contributed by atoms with Gasteiger partial charge in [0.15, 0.2) is 6.10 Å². The Labute approximate surface area is 159 Å². The van der Waals surface area contributed by atoms with Gasteiger partial charge in [0.25, 0.3) is 11.8 Å². The Balaban J connectivity index is 2.11. The maximum atomic E-state index is 12.7. The molecule has 0 saturated heterocycles. The van der Waals surface area contributed by atoms with Crippen molar-refractivity contribution >= 4 is 17.5 Å². The number of ether oxygens (including phenoxy) is 2. The van der Waals surface area contributed by atoms with E-state index in [2.05, 4.69) is 10.6 Å². The number of carbonyl (C=O) groups is 2. The maximum Gasteiger partial charge on any atom is 0.265 e. The minimum absolute atomic E-state index is 0.213. The molecule has 2 amide bonds. The lowest BCUT2D eigenvalue weighted by atomic mass is 10.1. The van der Waals surface area contributed by atoms with Crippen molar-refractivity contribution in [2.45, 2.75) is 32.8 Å². The van der Waals surface area contributed by atoms with Crippen LogP contribution >= 0.6 is 0 Å². The highest BCUT2D eigenvalue weighted by atomic mass is 16.5. The molecule has 6 nitrogen and oxygen atoms in total. The number of amides is 2. The van der Waals surface area contributed by atoms with Crippen LogP contribution < -0.4 is 20.1 Å². The van der Waals surface area contributed by atoms with Gasteiger partial charge >= 0.3 is 0 Å². The number of benzene rings is 2. The molecule has 0 aromatic heterocycles. The summed E-state index contributed by atoms with van der Waals surface area (Å²) in [5.74, 6) is 0.677. The van der Waals surface area contributed by atoms with Gasteiger partial charge in [-0.25, -0.2) is 0 Å². The summed E-state index contributed by atoms with van der Waals surface area (Å²) >= 11 is 0. The van der Waals surface area contributed by atoms with E-state index in [1.807, 2.05) is 13.8 Å². The van der Waals surface area contributed by atoms with Crippen LogP contribution in [0.3, 0.4) is 0 Å². The number of hydrogen-bond donors (Lipinski definition) is 2. The first-order valence-electron chi connectivity index (χ1n) is 9.07. The predicted octanol–water partition coefficient (Wildman–Crippen LogP) is 3.63. The Morgan fingerprint density at radius 2 is 1.78 bits per heavy atom. The molecular weight excluding hydrogens is 344 g/mol. The van der Waals surface area contributed by atoms with E-state index in [4.69, 9.17) is 9.47 Å². The minimum Gasteiger partial charge on any atom is -0.497 e. The fourth-order valence-corrected chi connectivity index (χ4v) is 2.50. The first-order valence-corrected chi connectivity index (χ1v) is 9.07. The van der Waals surface area contributed by atoms with Crippen molar-refractivity contribution in [3.05, 3.63) is 54.1 Å². The summed E-state index contributed by atoms with van der Waals surface area (Å²) in [6, 6.07) is 14.0. The van der Waals surface area contributed by atoms with E-state index in [0.717, 1.165) is 6.42 Å². The molecule has 0 radical (unpaired) electrons. The van der Waals surface area contributed by atoms with Crippen molar-refractivity contribution in [2.24, 2.45) is 0 Å². The quantitative estimate of drug-likeness (QED) is 0.707. The van der Waals surface area contributed by atoms with Crippen molar-refractivity contribution in [2.75, 3.05) is 19.0 Å². The summed E-state index contributed by atoms with van der Waals surface area (Å²) < 4.78 is 11.0. The van der Waals surface area contributed by atoms with Crippen LogP contribution in [0.25, 0.3) is 0 Å². The third-order valence-electron chi connectivity index (χ3n) is 3.95. The second-order valence-corrected chi connectivity index (χ2v) is 5.98. The lowest BCUT2D eigenvalue weighted by molar-refractivity contribution is -0.122. The molecule has 0 aliphatic rings. The summed E-state index contributed by atoms with van der Waals surface area (Å²) in [5.41, 5.74) is 0.888. The van der Waals surface area contributed by atoms with Gasteiger partial charge in [-0.05, 0) is 37.1 Å². The zero-order chi connectivity index (χ0) is 19.6. The maximum absolute atomic E-state index is 12.7.